The fourth-order valence-electron chi connectivity index (χ4n) is 1.60. The van der Waals surface area contributed by atoms with E-state index >= 15 is 0 Å². The van der Waals surface area contributed by atoms with Crippen LogP contribution in [0, 0.1) is 5.41 Å². The van der Waals surface area contributed by atoms with Gasteiger partial charge in [-0.05, 0) is 30.3 Å². The largest absolute Gasteiger partial charge is 0.573 e. The zero-order valence-corrected chi connectivity index (χ0v) is 13.7. The molecule has 1 amide bonds. The van der Waals surface area contributed by atoms with Gasteiger partial charge in [0.2, 0.25) is 5.90 Å². The van der Waals surface area contributed by atoms with Crippen LogP contribution in [0.25, 0.3) is 0 Å². The van der Waals surface area contributed by atoms with E-state index < -0.39 is 24.0 Å². The third kappa shape index (κ3) is 5.76. The minimum absolute atomic E-state index is 0.195. The van der Waals surface area contributed by atoms with Crippen molar-refractivity contribution in [2.45, 2.75) is 6.36 Å². The molecule has 1 heterocycles. The van der Waals surface area contributed by atoms with Gasteiger partial charge >= 0.3 is 6.36 Å². The van der Waals surface area contributed by atoms with Crippen LogP contribution >= 0.6 is 22.9 Å². The first-order valence-corrected chi connectivity index (χ1v) is 7.60. The van der Waals surface area contributed by atoms with Crippen molar-refractivity contribution in [3.05, 3.63) is 51.2 Å². The Hall–Kier alpha value is -2.59. The molecule has 0 unspecified atom stereocenters. The molecular weight excluding hydrogens is 383 g/mol. The van der Waals surface area contributed by atoms with Gasteiger partial charge in [0.1, 0.15) is 5.75 Å². The minimum atomic E-state index is -4.88. The van der Waals surface area contributed by atoms with E-state index in [0.29, 0.717) is 9.21 Å². The number of benzene rings is 1. The zero-order chi connectivity index (χ0) is 18.6. The highest BCUT2D eigenvalue weighted by Gasteiger charge is 2.31. The smallest absolute Gasteiger partial charge is 0.406 e. The monoisotopic (exact) mass is 391 g/mol. The summed E-state index contributed by atoms with van der Waals surface area (Å²) in [7, 11) is 0. The average Bonchev–Trinajstić information content (AvgIpc) is 2.92. The van der Waals surface area contributed by atoms with E-state index in [4.69, 9.17) is 27.5 Å². The van der Waals surface area contributed by atoms with Gasteiger partial charge in [-0.3, -0.25) is 10.2 Å². The van der Waals surface area contributed by atoms with Crippen LogP contribution in [0.2, 0.25) is 4.34 Å². The molecule has 0 saturated carbocycles. The van der Waals surface area contributed by atoms with Gasteiger partial charge in [-0.15, -0.1) is 24.5 Å². The van der Waals surface area contributed by atoms with Gasteiger partial charge in [0.25, 0.3) is 11.9 Å². The number of rotatable bonds is 3. The third-order valence-corrected chi connectivity index (χ3v) is 3.76. The van der Waals surface area contributed by atoms with Crippen molar-refractivity contribution >= 4 is 40.8 Å². The SMILES string of the molecule is N=C(OC(N)=NC(=O)c1cccc(OC(F)(F)F)c1)c1ccc(Cl)s1. The molecule has 0 fully saturated rings. The molecule has 0 bridgehead atoms. The van der Waals surface area contributed by atoms with Crippen molar-refractivity contribution in [3.63, 3.8) is 0 Å². The molecule has 1 aromatic heterocycles. The van der Waals surface area contributed by atoms with Crippen LogP contribution in [-0.4, -0.2) is 24.2 Å². The summed E-state index contributed by atoms with van der Waals surface area (Å²) in [4.78, 5) is 15.7. The number of amides is 1. The lowest BCUT2D eigenvalue weighted by atomic mass is 10.2. The number of halogens is 4. The van der Waals surface area contributed by atoms with Crippen LogP contribution in [0.5, 0.6) is 5.75 Å². The van der Waals surface area contributed by atoms with Gasteiger partial charge in [0.05, 0.1) is 9.21 Å². The lowest BCUT2D eigenvalue weighted by Crippen LogP contribution is -2.22. The molecule has 0 aliphatic rings. The number of nitrogens with one attached hydrogen (secondary N) is 1. The molecule has 0 radical (unpaired) electrons. The molecule has 132 valence electrons. The lowest BCUT2D eigenvalue weighted by Gasteiger charge is -2.09. The van der Waals surface area contributed by atoms with E-state index in [1.165, 1.54) is 18.2 Å². The molecule has 6 nitrogen and oxygen atoms in total. The second kappa shape index (κ2) is 7.53. The molecule has 2 aromatic rings. The number of nitrogens with two attached hydrogens (primary N) is 1. The fourth-order valence-corrected chi connectivity index (χ4v) is 2.53. The van der Waals surface area contributed by atoms with Gasteiger partial charge in [0, 0.05) is 5.56 Å². The Morgan fingerprint density at radius 3 is 2.60 bits per heavy atom. The molecule has 0 atom stereocenters. The third-order valence-electron chi connectivity index (χ3n) is 2.53. The van der Waals surface area contributed by atoms with E-state index in [9.17, 15) is 18.0 Å². The van der Waals surface area contributed by atoms with Crippen molar-refractivity contribution in [2.24, 2.45) is 10.7 Å². The number of hydrogen-bond donors (Lipinski definition) is 2. The summed E-state index contributed by atoms with van der Waals surface area (Å²) >= 11 is 6.78. The number of thiophene rings is 1. The predicted molar refractivity (Wildman–Crippen MR) is 86.3 cm³/mol. The Morgan fingerprint density at radius 1 is 1.28 bits per heavy atom. The highest BCUT2D eigenvalue weighted by molar-refractivity contribution is 7.17. The second-order valence-corrected chi connectivity index (χ2v) is 6.08. The van der Waals surface area contributed by atoms with Crippen LogP contribution in [0.3, 0.4) is 0 Å². The van der Waals surface area contributed by atoms with Crippen molar-refractivity contribution in [1.29, 1.82) is 5.41 Å². The number of alkyl halides is 3. The first-order valence-electron chi connectivity index (χ1n) is 6.40. The van der Waals surface area contributed by atoms with Crippen LogP contribution in [0.1, 0.15) is 15.2 Å². The molecular formula is C14H9ClF3N3O3S. The Balaban J connectivity index is 2.08. The van der Waals surface area contributed by atoms with Crippen molar-refractivity contribution in [2.75, 3.05) is 0 Å². The van der Waals surface area contributed by atoms with Gasteiger partial charge in [-0.2, -0.15) is 4.99 Å². The van der Waals surface area contributed by atoms with E-state index in [1.807, 2.05) is 0 Å². The van der Waals surface area contributed by atoms with Gasteiger partial charge in [-0.25, -0.2) is 0 Å². The predicted octanol–water partition coefficient (Wildman–Crippen LogP) is 3.80. The van der Waals surface area contributed by atoms with E-state index in [-0.39, 0.29) is 11.5 Å². The maximum Gasteiger partial charge on any atom is 0.573 e. The number of carbonyl (C=O) groups is 1. The van der Waals surface area contributed by atoms with E-state index in [2.05, 4.69) is 9.73 Å². The number of hydrogen-bond acceptors (Lipinski definition) is 5. The molecule has 1 aromatic carbocycles. The summed E-state index contributed by atoms with van der Waals surface area (Å²) in [5.41, 5.74) is 5.23. The molecule has 25 heavy (non-hydrogen) atoms. The highest BCUT2D eigenvalue weighted by Crippen LogP contribution is 2.24. The molecule has 2 rings (SSSR count). The summed E-state index contributed by atoms with van der Waals surface area (Å²) in [5, 5.41) is 7.67. The Kier molecular flexibility index (Phi) is 5.65. The first kappa shape index (κ1) is 18.7. The second-order valence-electron chi connectivity index (χ2n) is 4.37. The number of carbonyl (C=O) groups excluding carboxylic acids is 1. The van der Waals surface area contributed by atoms with Crippen LogP contribution in [-0.2, 0) is 4.74 Å². The first-order chi connectivity index (χ1) is 11.6. The quantitative estimate of drug-likeness (QED) is 0.614. The fraction of sp³-hybridized carbons (Fsp3) is 0.0714. The molecule has 3 N–H and O–H groups in total. The average molecular weight is 392 g/mol. The number of amidine groups is 1. The summed E-state index contributed by atoms with van der Waals surface area (Å²) in [6, 6.07) is 6.73. The van der Waals surface area contributed by atoms with Crippen molar-refractivity contribution < 1.29 is 27.4 Å². The summed E-state index contributed by atoms with van der Waals surface area (Å²) in [5.74, 6) is -1.91. The molecule has 0 spiro atoms. The van der Waals surface area contributed by atoms with Crippen LogP contribution in [0.15, 0.2) is 41.4 Å². The molecule has 0 aliphatic carbocycles. The topological polar surface area (TPSA) is 97.8 Å². The van der Waals surface area contributed by atoms with E-state index in [0.717, 1.165) is 23.5 Å². The van der Waals surface area contributed by atoms with Crippen LogP contribution < -0.4 is 10.5 Å². The Bertz CT molecular complexity index is 836. The van der Waals surface area contributed by atoms with Crippen molar-refractivity contribution in [3.8, 4) is 5.75 Å². The normalized spacial score (nSPS) is 11.9. The van der Waals surface area contributed by atoms with Crippen molar-refractivity contribution in [1.82, 2.24) is 0 Å². The van der Waals surface area contributed by atoms with Gasteiger partial charge in [0.15, 0.2) is 0 Å². The van der Waals surface area contributed by atoms with E-state index in [1.54, 1.807) is 6.07 Å². The number of aliphatic imine (C=N–C) groups is 1. The summed E-state index contributed by atoms with van der Waals surface area (Å²) < 4.78 is 45.6. The Morgan fingerprint density at radius 2 is 2.00 bits per heavy atom. The summed E-state index contributed by atoms with van der Waals surface area (Å²) in [6.07, 6.45) is -4.88. The number of nitrogens with zero attached hydrogens (tertiary/aromatic N) is 1. The Labute approximate surface area is 148 Å². The number of ether oxygens (including phenoxy) is 2. The highest BCUT2D eigenvalue weighted by atomic mass is 35.5. The summed E-state index contributed by atoms with van der Waals surface area (Å²) in [6.45, 7) is 0. The van der Waals surface area contributed by atoms with Crippen LogP contribution in [0.4, 0.5) is 13.2 Å². The molecule has 11 heteroatoms. The molecule has 0 aliphatic heterocycles. The lowest BCUT2D eigenvalue weighted by molar-refractivity contribution is -0.274. The van der Waals surface area contributed by atoms with Gasteiger partial charge in [-0.1, -0.05) is 17.7 Å². The maximum absolute atomic E-state index is 12.2. The van der Waals surface area contributed by atoms with Gasteiger partial charge < -0.3 is 15.2 Å². The zero-order valence-electron chi connectivity index (χ0n) is 12.1. The standard InChI is InChI=1S/C14H9ClF3N3O3S/c15-10-5-4-9(25-10)11(19)23-13(20)21-12(22)7-2-1-3-8(6-7)24-14(16,17)18/h1-6,19H,(H2,20,21,22). The molecule has 0 saturated heterocycles. The maximum atomic E-state index is 12.2. The minimum Gasteiger partial charge on any atom is -0.406 e.